The first-order chi connectivity index (χ1) is 14.9. The lowest BCUT2D eigenvalue weighted by Crippen LogP contribution is -2.09. The fraction of sp³-hybridized carbons (Fsp3) is 0.120. The Bertz CT molecular complexity index is 1310. The second-order valence-electron chi connectivity index (χ2n) is 7.10. The Morgan fingerprint density at radius 3 is 2.26 bits per heavy atom. The van der Waals surface area contributed by atoms with Gasteiger partial charge in [0.05, 0.1) is 18.2 Å². The zero-order valence-electron chi connectivity index (χ0n) is 17.3. The SMILES string of the molecule is COc1ccc(-n2c(C)c(C(C)=O)c3cc(OC(=O)c4ccccc4Br)ccc32)cc1. The number of methoxy groups -OCH3 is 1. The van der Waals surface area contributed by atoms with Crippen molar-refractivity contribution in [2.45, 2.75) is 13.8 Å². The molecule has 0 radical (unpaired) electrons. The van der Waals surface area contributed by atoms with E-state index in [0.29, 0.717) is 21.3 Å². The van der Waals surface area contributed by atoms with Gasteiger partial charge in [0.15, 0.2) is 5.78 Å². The molecule has 0 saturated heterocycles. The number of rotatable bonds is 5. The maximum Gasteiger partial charge on any atom is 0.344 e. The number of hydrogen-bond donors (Lipinski definition) is 0. The minimum absolute atomic E-state index is 0.0518. The summed E-state index contributed by atoms with van der Waals surface area (Å²) in [6.07, 6.45) is 0. The molecule has 0 aliphatic rings. The smallest absolute Gasteiger partial charge is 0.344 e. The molecule has 1 heterocycles. The van der Waals surface area contributed by atoms with E-state index in [2.05, 4.69) is 15.9 Å². The number of nitrogens with zero attached hydrogens (tertiary/aromatic N) is 1. The van der Waals surface area contributed by atoms with Crippen LogP contribution in [0.5, 0.6) is 11.5 Å². The average Bonchev–Trinajstić information content (AvgIpc) is 3.05. The van der Waals surface area contributed by atoms with Crippen molar-refractivity contribution in [2.24, 2.45) is 0 Å². The third-order valence-electron chi connectivity index (χ3n) is 5.16. The van der Waals surface area contributed by atoms with Crippen LogP contribution in [0, 0.1) is 6.92 Å². The maximum absolute atomic E-state index is 12.6. The predicted octanol–water partition coefficient (Wildman–Crippen LogP) is 6.13. The minimum atomic E-state index is -0.470. The maximum atomic E-state index is 12.6. The molecule has 6 heteroatoms. The number of hydrogen-bond acceptors (Lipinski definition) is 4. The van der Waals surface area contributed by atoms with Gasteiger partial charge in [0, 0.05) is 26.8 Å². The van der Waals surface area contributed by atoms with E-state index in [4.69, 9.17) is 9.47 Å². The van der Waals surface area contributed by atoms with E-state index in [1.807, 2.05) is 47.9 Å². The van der Waals surface area contributed by atoms with Crippen molar-refractivity contribution in [3.8, 4) is 17.2 Å². The highest BCUT2D eigenvalue weighted by Crippen LogP contribution is 2.33. The fourth-order valence-electron chi connectivity index (χ4n) is 3.76. The zero-order chi connectivity index (χ0) is 22.1. The fourth-order valence-corrected chi connectivity index (χ4v) is 4.21. The third-order valence-corrected chi connectivity index (χ3v) is 5.85. The van der Waals surface area contributed by atoms with Crippen molar-refractivity contribution in [1.82, 2.24) is 4.57 Å². The Kier molecular flexibility index (Phi) is 5.65. The summed E-state index contributed by atoms with van der Waals surface area (Å²) in [7, 11) is 1.62. The van der Waals surface area contributed by atoms with Crippen molar-refractivity contribution < 1.29 is 19.1 Å². The van der Waals surface area contributed by atoms with Crippen molar-refractivity contribution in [3.63, 3.8) is 0 Å². The summed E-state index contributed by atoms with van der Waals surface area (Å²) in [4.78, 5) is 25.1. The Morgan fingerprint density at radius 1 is 0.935 bits per heavy atom. The largest absolute Gasteiger partial charge is 0.497 e. The van der Waals surface area contributed by atoms with Crippen LogP contribution in [0.3, 0.4) is 0 Å². The molecule has 0 spiro atoms. The molecule has 1 aromatic heterocycles. The number of ether oxygens (including phenoxy) is 2. The molecule has 0 aliphatic heterocycles. The second-order valence-corrected chi connectivity index (χ2v) is 7.95. The summed E-state index contributed by atoms with van der Waals surface area (Å²) >= 11 is 3.37. The van der Waals surface area contributed by atoms with Gasteiger partial charge < -0.3 is 14.0 Å². The van der Waals surface area contributed by atoms with Gasteiger partial charge in [0.1, 0.15) is 11.5 Å². The van der Waals surface area contributed by atoms with Crippen molar-refractivity contribution >= 4 is 38.6 Å². The molecule has 0 fully saturated rings. The van der Waals surface area contributed by atoms with Crippen LogP contribution < -0.4 is 9.47 Å². The molecule has 0 bridgehead atoms. The number of carbonyl (C=O) groups is 2. The highest BCUT2D eigenvalue weighted by molar-refractivity contribution is 9.10. The van der Waals surface area contributed by atoms with E-state index >= 15 is 0 Å². The number of halogens is 1. The molecule has 0 aliphatic carbocycles. The van der Waals surface area contributed by atoms with Gasteiger partial charge in [0.25, 0.3) is 0 Å². The number of fused-ring (bicyclic) bond motifs is 1. The lowest BCUT2D eigenvalue weighted by Gasteiger charge is -2.10. The Balaban J connectivity index is 1.80. The monoisotopic (exact) mass is 477 g/mol. The van der Waals surface area contributed by atoms with Crippen LogP contribution in [0.25, 0.3) is 16.6 Å². The number of ketones is 1. The summed E-state index contributed by atoms with van der Waals surface area (Å²) in [5.74, 6) is 0.611. The van der Waals surface area contributed by atoms with Crippen molar-refractivity contribution in [3.05, 3.63) is 88.0 Å². The van der Waals surface area contributed by atoms with E-state index < -0.39 is 5.97 Å². The van der Waals surface area contributed by atoms with E-state index in [-0.39, 0.29) is 5.78 Å². The van der Waals surface area contributed by atoms with Crippen LogP contribution in [-0.4, -0.2) is 23.4 Å². The lowest BCUT2D eigenvalue weighted by molar-refractivity contribution is 0.0734. The Hall–Kier alpha value is -3.38. The van der Waals surface area contributed by atoms with E-state index in [9.17, 15) is 9.59 Å². The number of benzene rings is 3. The van der Waals surface area contributed by atoms with Gasteiger partial charge in [0.2, 0.25) is 0 Å². The minimum Gasteiger partial charge on any atom is -0.497 e. The standard InChI is InChI=1S/C25H20BrNO4/c1-15-24(16(2)28)21-14-19(31-25(29)20-6-4-5-7-22(20)26)12-13-23(21)27(15)17-8-10-18(30-3)11-9-17/h4-14H,1-3H3. The molecule has 0 amide bonds. The predicted molar refractivity (Wildman–Crippen MR) is 124 cm³/mol. The van der Waals surface area contributed by atoms with E-state index in [0.717, 1.165) is 28.0 Å². The van der Waals surface area contributed by atoms with Gasteiger partial charge in [-0.1, -0.05) is 12.1 Å². The van der Waals surface area contributed by atoms with Crippen LogP contribution in [-0.2, 0) is 0 Å². The molecule has 0 saturated carbocycles. The third kappa shape index (κ3) is 3.86. The van der Waals surface area contributed by atoms with Gasteiger partial charge in [-0.25, -0.2) is 4.79 Å². The second kappa shape index (κ2) is 8.40. The molecular weight excluding hydrogens is 458 g/mol. The van der Waals surface area contributed by atoms with Crippen LogP contribution in [0.4, 0.5) is 0 Å². The number of aromatic nitrogens is 1. The van der Waals surface area contributed by atoms with Crippen LogP contribution in [0.15, 0.2) is 71.2 Å². The van der Waals surface area contributed by atoms with Crippen molar-refractivity contribution in [2.75, 3.05) is 7.11 Å². The Morgan fingerprint density at radius 2 is 1.61 bits per heavy atom. The summed E-state index contributed by atoms with van der Waals surface area (Å²) in [6.45, 7) is 3.45. The van der Waals surface area contributed by atoms with E-state index in [1.165, 1.54) is 0 Å². The van der Waals surface area contributed by atoms with Gasteiger partial charge >= 0.3 is 5.97 Å². The van der Waals surface area contributed by atoms with Crippen LogP contribution >= 0.6 is 15.9 Å². The summed E-state index contributed by atoms with van der Waals surface area (Å²) in [5.41, 5.74) is 3.62. The first kappa shape index (κ1) is 20.9. The lowest BCUT2D eigenvalue weighted by atomic mass is 10.1. The molecule has 3 aromatic carbocycles. The summed E-state index contributed by atoms with van der Waals surface area (Å²) in [6, 6.07) is 20.1. The van der Waals surface area contributed by atoms with Gasteiger partial charge in [-0.05, 0) is 84.4 Å². The molecule has 0 N–H and O–H groups in total. The normalized spacial score (nSPS) is 10.8. The Labute approximate surface area is 188 Å². The number of carbonyl (C=O) groups excluding carboxylic acids is 2. The highest BCUT2D eigenvalue weighted by Gasteiger charge is 2.20. The molecule has 0 atom stereocenters. The molecular formula is C25H20BrNO4. The van der Waals surface area contributed by atoms with Crippen LogP contribution in [0.2, 0.25) is 0 Å². The summed E-state index contributed by atoms with van der Waals surface area (Å²) in [5, 5.41) is 0.734. The molecule has 156 valence electrons. The average molecular weight is 478 g/mol. The zero-order valence-corrected chi connectivity index (χ0v) is 18.9. The number of esters is 1. The first-order valence-electron chi connectivity index (χ1n) is 9.68. The highest BCUT2D eigenvalue weighted by atomic mass is 79.9. The first-order valence-corrected chi connectivity index (χ1v) is 10.5. The summed E-state index contributed by atoms with van der Waals surface area (Å²) < 4.78 is 13.5. The topological polar surface area (TPSA) is 57.5 Å². The molecule has 4 rings (SSSR count). The number of Topliss-reactive ketones (excluding diaryl/α,β-unsaturated/α-hetero) is 1. The van der Waals surface area contributed by atoms with Gasteiger partial charge in [-0.3, -0.25) is 4.79 Å². The molecule has 4 aromatic rings. The molecule has 5 nitrogen and oxygen atoms in total. The molecule has 31 heavy (non-hydrogen) atoms. The van der Waals surface area contributed by atoms with Crippen molar-refractivity contribution in [1.29, 1.82) is 0 Å². The van der Waals surface area contributed by atoms with Gasteiger partial charge in [-0.15, -0.1) is 0 Å². The molecule has 0 unspecified atom stereocenters. The van der Waals surface area contributed by atoms with E-state index in [1.54, 1.807) is 44.4 Å². The van der Waals surface area contributed by atoms with Gasteiger partial charge in [-0.2, -0.15) is 0 Å². The van der Waals surface area contributed by atoms with Crippen LogP contribution in [0.1, 0.15) is 33.3 Å². The quantitative estimate of drug-likeness (QED) is 0.197.